The highest BCUT2D eigenvalue weighted by Gasteiger charge is 2.27. The fraction of sp³-hybridized carbons (Fsp3) is 0.714. The number of rotatable bonds is 4. The van der Waals surface area contributed by atoms with Crippen LogP contribution < -0.4 is 5.32 Å². The minimum Gasteiger partial charge on any atom is -0.380 e. The molecule has 5 heteroatoms. The fourth-order valence-electron chi connectivity index (χ4n) is 2.25. The molecular formula is C14H23N3OS. The van der Waals surface area contributed by atoms with Crippen LogP contribution in [0.15, 0.2) is 5.16 Å². The van der Waals surface area contributed by atoms with Gasteiger partial charge in [0.1, 0.15) is 0 Å². The Kier molecular flexibility index (Phi) is 5.19. The standard InChI is InChI=1S/C14H23N3OS/c1-5-15-12-6-7-18-8-13(12)19-14-16-10(3)9(2)11(4)17-14/h12-13,15H,5-8H2,1-4H3. The van der Waals surface area contributed by atoms with Crippen LogP contribution >= 0.6 is 11.8 Å². The zero-order valence-corrected chi connectivity index (χ0v) is 13.0. The number of nitrogens with zero attached hydrogens (tertiary/aromatic N) is 2. The van der Waals surface area contributed by atoms with E-state index >= 15 is 0 Å². The summed E-state index contributed by atoms with van der Waals surface area (Å²) in [6.07, 6.45) is 1.06. The number of hydrogen-bond acceptors (Lipinski definition) is 5. The van der Waals surface area contributed by atoms with Crippen molar-refractivity contribution in [2.24, 2.45) is 0 Å². The molecule has 0 spiro atoms. The van der Waals surface area contributed by atoms with E-state index in [-0.39, 0.29) is 0 Å². The lowest BCUT2D eigenvalue weighted by Crippen LogP contribution is -2.44. The molecule has 1 fully saturated rings. The molecule has 2 atom stereocenters. The van der Waals surface area contributed by atoms with Gasteiger partial charge >= 0.3 is 0 Å². The molecule has 1 aliphatic heterocycles. The summed E-state index contributed by atoms with van der Waals surface area (Å²) < 4.78 is 5.60. The van der Waals surface area contributed by atoms with Gasteiger partial charge in [-0.15, -0.1) is 0 Å². The molecule has 0 aliphatic carbocycles. The van der Waals surface area contributed by atoms with Gasteiger partial charge in [-0.3, -0.25) is 0 Å². The summed E-state index contributed by atoms with van der Waals surface area (Å²) in [7, 11) is 0. The summed E-state index contributed by atoms with van der Waals surface area (Å²) in [4.78, 5) is 9.18. The topological polar surface area (TPSA) is 47.0 Å². The molecule has 0 saturated carbocycles. The van der Waals surface area contributed by atoms with Crippen LogP contribution in [0.3, 0.4) is 0 Å². The molecule has 4 nitrogen and oxygen atoms in total. The molecule has 0 radical (unpaired) electrons. The molecule has 1 N–H and O–H groups in total. The molecule has 2 unspecified atom stereocenters. The Morgan fingerprint density at radius 1 is 1.26 bits per heavy atom. The zero-order chi connectivity index (χ0) is 13.8. The maximum absolute atomic E-state index is 5.60. The summed E-state index contributed by atoms with van der Waals surface area (Å²) in [5.74, 6) is 0. The minimum atomic E-state index is 0.398. The van der Waals surface area contributed by atoms with E-state index in [0.717, 1.165) is 42.7 Å². The van der Waals surface area contributed by atoms with Crippen LogP contribution in [0.2, 0.25) is 0 Å². The van der Waals surface area contributed by atoms with E-state index in [1.807, 2.05) is 13.8 Å². The third-order valence-corrected chi connectivity index (χ3v) is 4.80. The molecule has 1 aliphatic rings. The lowest BCUT2D eigenvalue weighted by molar-refractivity contribution is 0.0836. The van der Waals surface area contributed by atoms with E-state index in [4.69, 9.17) is 4.74 Å². The van der Waals surface area contributed by atoms with Crippen molar-refractivity contribution in [3.05, 3.63) is 17.0 Å². The predicted molar refractivity (Wildman–Crippen MR) is 78.8 cm³/mol. The Morgan fingerprint density at radius 3 is 2.58 bits per heavy atom. The van der Waals surface area contributed by atoms with Gasteiger partial charge in [0.05, 0.1) is 11.9 Å². The van der Waals surface area contributed by atoms with E-state index in [1.54, 1.807) is 11.8 Å². The maximum Gasteiger partial charge on any atom is 0.188 e. The Balaban J connectivity index is 2.10. The van der Waals surface area contributed by atoms with Gasteiger partial charge < -0.3 is 10.1 Å². The highest BCUT2D eigenvalue weighted by molar-refractivity contribution is 7.99. The third kappa shape index (κ3) is 3.68. The molecule has 2 rings (SSSR count). The van der Waals surface area contributed by atoms with E-state index in [2.05, 4.69) is 29.1 Å². The van der Waals surface area contributed by atoms with Crippen LogP contribution in [-0.4, -0.2) is 41.0 Å². The van der Waals surface area contributed by atoms with Gasteiger partial charge in [0, 0.05) is 24.0 Å². The van der Waals surface area contributed by atoms with Gasteiger partial charge in [0.25, 0.3) is 0 Å². The summed E-state index contributed by atoms with van der Waals surface area (Å²) in [6, 6.07) is 0.495. The summed E-state index contributed by atoms with van der Waals surface area (Å²) >= 11 is 1.74. The molecule has 1 saturated heterocycles. The van der Waals surface area contributed by atoms with Crippen molar-refractivity contribution in [3.8, 4) is 0 Å². The first-order valence-electron chi connectivity index (χ1n) is 6.91. The summed E-state index contributed by atoms with van der Waals surface area (Å²) in [5, 5.41) is 4.81. The lowest BCUT2D eigenvalue weighted by Gasteiger charge is -2.31. The average molecular weight is 281 g/mol. The Bertz CT molecular complexity index is 414. The van der Waals surface area contributed by atoms with Gasteiger partial charge in [-0.1, -0.05) is 18.7 Å². The molecule has 2 heterocycles. The highest BCUT2D eigenvalue weighted by Crippen LogP contribution is 2.27. The second-order valence-electron chi connectivity index (χ2n) is 4.99. The van der Waals surface area contributed by atoms with Gasteiger partial charge in [0.15, 0.2) is 5.16 Å². The van der Waals surface area contributed by atoms with E-state index < -0.39 is 0 Å². The first kappa shape index (κ1) is 14.8. The molecule has 1 aromatic heterocycles. The number of hydrogen-bond donors (Lipinski definition) is 1. The quantitative estimate of drug-likeness (QED) is 0.858. The van der Waals surface area contributed by atoms with E-state index in [0.29, 0.717) is 11.3 Å². The molecule has 1 aromatic rings. The Morgan fingerprint density at radius 2 is 1.95 bits per heavy atom. The van der Waals surface area contributed by atoms with Crippen LogP contribution in [0.4, 0.5) is 0 Å². The number of thioether (sulfide) groups is 1. The number of ether oxygens (including phenoxy) is 1. The van der Waals surface area contributed by atoms with Crippen molar-refractivity contribution in [3.63, 3.8) is 0 Å². The van der Waals surface area contributed by atoms with Crippen LogP contribution in [-0.2, 0) is 4.74 Å². The van der Waals surface area contributed by atoms with Crippen molar-refractivity contribution in [1.29, 1.82) is 0 Å². The van der Waals surface area contributed by atoms with E-state index in [1.165, 1.54) is 5.56 Å². The Labute approximate surface area is 119 Å². The van der Waals surface area contributed by atoms with Crippen LogP contribution in [0.1, 0.15) is 30.3 Å². The minimum absolute atomic E-state index is 0.398. The largest absolute Gasteiger partial charge is 0.380 e. The second kappa shape index (κ2) is 6.68. The molecule has 19 heavy (non-hydrogen) atoms. The normalized spacial score (nSPS) is 23.6. The second-order valence-corrected chi connectivity index (χ2v) is 6.19. The maximum atomic E-state index is 5.60. The Hall–Kier alpha value is -0.650. The number of nitrogens with one attached hydrogen (secondary N) is 1. The van der Waals surface area contributed by atoms with Crippen LogP contribution in [0.25, 0.3) is 0 Å². The highest BCUT2D eigenvalue weighted by atomic mass is 32.2. The molecular weight excluding hydrogens is 258 g/mol. The summed E-state index contributed by atoms with van der Waals surface area (Å²) in [5.41, 5.74) is 3.34. The zero-order valence-electron chi connectivity index (χ0n) is 12.2. The van der Waals surface area contributed by atoms with Crippen molar-refractivity contribution < 1.29 is 4.74 Å². The fourth-order valence-corrected chi connectivity index (χ4v) is 3.46. The molecule has 0 amide bonds. The average Bonchev–Trinajstić information content (AvgIpc) is 2.38. The molecule has 0 aromatic carbocycles. The lowest BCUT2D eigenvalue weighted by atomic mass is 10.1. The first-order valence-corrected chi connectivity index (χ1v) is 7.79. The van der Waals surface area contributed by atoms with Gasteiger partial charge in [-0.05, 0) is 39.3 Å². The summed E-state index contributed by atoms with van der Waals surface area (Å²) in [6.45, 7) is 10.9. The van der Waals surface area contributed by atoms with Gasteiger partial charge in [-0.2, -0.15) is 0 Å². The predicted octanol–water partition coefficient (Wildman–Crippen LogP) is 2.26. The van der Waals surface area contributed by atoms with Crippen molar-refractivity contribution in [2.45, 2.75) is 50.6 Å². The first-order chi connectivity index (χ1) is 9.11. The van der Waals surface area contributed by atoms with Crippen molar-refractivity contribution in [2.75, 3.05) is 19.8 Å². The van der Waals surface area contributed by atoms with Gasteiger partial charge in [-0.25, -0.2) is 9.97 Å². The molecule has 0 bridgehead atoms. The SMILES string of the molecule is CCNC1CCOCC1Sc1nc(C)c(C)c(C)n1. The van der Waals surface area contributed by atoms with Crippen LogP contribution in [0.5, 0.6) is 0 Å². The molecule has 106 valence electrons. The number of aryl methyl sites for hydroxylation is 2. The monoisotopic (exact) mass is 281 g/mol. The smallest absolute Gasteiger partial charge is 0.188 e. The van der Waals surface area contributed by atoms with Crippen LogP contribution in [0, 0.1) is 20.8 Å². The van der Waals surface area contributed by atoms with Crippen molar-refractivity contribution >= 4 is 11.8 Å². The van der Waals surface area contributed by atoms with Crippen molar-refractivity contribution in [1.82, 2.24) is 15.3 Å². The van der Waals surface area contributed by atoms with Gasteiger partial charge in [0.2, 0.25) is 0 Å². The number of aromatic nitrogens is 2. The third-order valence-electron chi connectivity index (χ3n) is 3.64. The van der Waals surface area contributed by atoms with E-state index in [9.17, 15) is 0 Å².